The molecule has 0 saturated heterocycles. The monoisotopic (exact) mass is 300 g/mol. The Bertz CT molecular complexity index is 358. The van der Waals surface area contributed by atoms with E-state index in [0.717, 1.165) is 0 Å². The third kappa shape index (κ3) is 10.1. The van der Waals surface area contributed by atoms with Crippen molar-refractivity contribution in [2.45, 2.75) is 0 Å². The lowest BCUT2D eigenvalue weighted by Gasteiger charge is -2.08. The first-order valence-electron chi connectivity index (χ1n) is 6.97. The Hall–Kier alpha value is -1.34. The van der Waals surface area contributed by atoms with Crippen LogP contribution in [0.3, 0.4) is 0 Å². The zero-order valence-electron chi connectivity index (χ0n) is 12.5. The molecule has 6 heteroatoms. The number of ether oxygens (including phenoxy) is 5. The maximum absolute atomic E-state index is 9.26. The molecule has 0 aliphatic rings. The van der Waals surface area contributed by atoms with Gasteiger partial charge < -0.3 is 28.8 Å². The van der Waals surface area contributed by atoms with Gasteiger partial charge in [-0.25, -0.2) is 0 Å². The quantitative estimate of drug-likeness (QED) is 0.556. The van der Waals surface area contributed by atoms with Crippen LogP contribution in [0.1, 0.15) is 0 Å². The highest BCUT2D eigenvalue weighted by Crippen LogP contribution is 2.17. The number of phenols is 1. The normalized spacial score (nSPS) is 10.7. The van der Waals surface area contributed by atoms with E-state index >= 15 is 0 Å². The molecule has 1 rings (SSSR count). The van der Waals surface area contributed by atoms with Crippen molar-refractivity contribution in [3.05, 3.63) is 24.3 Å². The minimum atomic E-state index is 0.189. The molecule has 0 unspecified atom stereocenters. The average Bonchev–Trinajstić information content (AvgIpc) is 2.48. The van der Waals surface area contributed by atoms with Crippen LogP contribution in [0, 0.1) is 0 Å². The fraction of sp³-hybridized carbons (Fsp3) is 0.600. The molecule has 0 bridgehead atoms. The Morgan fingerprint density at radius 2 is 1.38 bits per heavy atom. The molecule has 0 radical (unpaired) electrons. The molecule has 1 aromatic carbocycles. The van der Waals surface area contributed by atoms with E-state index in [2.05, 4.69) is 0 Å². The third-order valence-electron chi connectivity index (χ3n) is 2.49. The first-order chi connectivity index (χ1) is 10.3. The lowest BCUT2D eigenvalue weighted by atomic mass is 10.3. The van der Waals surface area contributed by atoms with Gasteiger partial charge in [0.2, 0.25) is 0 Å². The summed E-state index contributed by atoms with van der Waals surface area (Å²) in [6.07, 6.45) is 0. The van der Waals surface area contributed by atoms with Crippen LogP contribution in [0.4, 0.5) is 0 Å². The molecule has 6 nitrogen and oxygen atoms in total. The summed E-state index contributed by atoms with van der Waals surface area (Å²) in [5.41, 5.74) is 0. The van der Waals surface area contributed by atoms with Crippen LogP contribution in [0.25, 0.3) is 0 Å². The molecule has 120 valence electrons. The van der Waals surface area contributed by atoms with Crippen LogP contribution in [0.2, 0.25) is 0 Å². The van der Waals surface area contributed by atoms with Crippen molar-refractivity contribution in [1.82, 2.24) is 0 Å². The van der Waals surface area contributed by atoms with Crippen LogP contribution in [-0.4, -0.2) is 65.1 Å². The Kier molecular flexibility index (Phi) is 10.5. The lowest BCUT2D eigenvalue weighted by Crippen LogP contribution is -2.13. The van der Waals surface area contributed by atoms with Crippen molar-refractivity contribution >= 4 is 0 Å². The van der Waals surface area contributed by atoms with Gasteiger partial charge in [0.25, 0.3) is 0 Å². The number of rotatable bonds is 13. The molecule has 0 heterocycles. The molecule has 0 atom stereocenters. The molecule has 0 aromatic heterocycles. The van der Waals surface area contributed by atoms with Crippen molar-refractivity contribution in [2.75, 3.05) is 60.0 Å². The van der Waals surface area contributed by atoms with E-state index in [1.54, 1.807) is 31.4 Å². The van der Waals surface area contributed by atoms with Crippen LogP contribution in [0.15, 0.2) is 24.3 Å². The summed E-state index contributed by atoms with van der Waals surface area (Å²) in [5.74, 6) is 0.817. The zero-order valence-corrected chi connectivity index (χ0v) is 12.5. The van der Waals surface area contributed by atoms with E-state index < -0.39 is 0 Å². The molecule has 0 amide bonds. The average molecular weight is 300 g/mol. The van der Waals surface area contributed by atoms with Gasteiger partial charge in [0, 0.05) is 13.2 Å². The maximum atomic E-state index is 9.26. The summed E-state index contributed by atoms with van der Waals surface area (Å²) in [5, 5.41) is 9.26. The molecule has 0 spiro atoms. The van der Waals surface area contributed by atoms with Gasteiger partial charge in [0.15, 0.2) is 0 Å². The second kappa shape index (κ2) is 12.4. The number of hydrogen-bond donors (Lipinski definition) is 1. The van der Waals surface area contributed by atoms with Gasteiger partial charge >= 0.3 is 0 Å². The highest BCUT2D eigenvalue weighted by atomic mass is 16.6. The van der Waals surface area contributed by atoms with Gasteiger partial charge in [-0.15, -0.1) is 0 Å². The minimum Gasteiger partial charge on any atom is -0.508 e. The summed E-state index contributed by atoms with van der Waals surface area (Å²) in [6.45, 7) is 4.25. The largest absolute Gasteiger partial charge is 0.508 e. The lowest BCUT2D eigenvalue weighted by molar-refractivity contribution is 0.000158. The van der Waals surface area contributed by atoms with E-state index in [1.807, 2.05) is 0 Å². The smallest absolute Gasteiger partial charge is 0.123 e. The SMILES string of the molecule is COCCOCCOCCOCCOc1cccc(O)c1. The predicted octanol–water partition coefficient (Wildman–Crippen LogP) is 1.47. The van der Waals surface area contributed by atoms with Crippen LogP contribution in [0.5, 0.6) is 11.5 Å². The Morgan fingerprint density at radius 3 is 1.95 bits per heavy atom. The predicted molar refractivity (Wildman–Crippen MR) is 77.9 cm³/mol. The fourth-order valence-corrected chi connectivity index (χ4v) is 1.48. The number of benzene rings is 1. The molecule has 0 aliphatic carbocycles. The topological polar surface area (TPSA) is 66.4 Å². The summed E-state index contributed by atoms with van der Waals surface area (Å²) in [7, 11) is 1.64. The van der Waals surface area contributed by atoms with Gasteiger partial charge in [0.05, 0.1) is 46.2 Å². The Balaban J connectivity index is 1.82. The summed E-state index contributed by atoms with van der Waals surface area (Å²) in [4.78, 5) is 0. The highest BCUT2D eigenvalue weighted by molar-refractivity contribution is 5.31. The first-order valence-corrected chi connectivity index (χ1v) is 6.97. The van der Waals surface area contributed by atoms with Crippen molar-refractivity contribution in [3.8, 4) is 11.5 Å². The van der Waals surface area contributed by atoms with Gasteiger partial charge in [0.1, 0.15) is 18.1 Å². The van der Waals surface area contributed by atoms with Crippen LogP contribution >= 0.6 is 0 Å². The Labute approximate surface area is 125 Å². The Morgan fingerprint density at radius 1 is 0.810 bits per heavy atom. The number of methoxy groups -OCH3 is 1. The minimum absolute atomic E-state index is 0.189. The second-order valence-corrected chi connectivity index (χ2v) is 4.18. The molecular weight excluding hydrogens is 276 g/mol. The molecule has 0 aliphatic heterocycles. The van der Waals surface area contributed by atoms with E-state index in [-0.39, 0.29) is 5.75 Å². The van der Waals surface area contributed by atoms with Crippen molar-refractivity contribution in [1.29, 1.82) is 0 Å². The fourth-order valence-electron chi connectivity index (χ4n) is 1.48. The van der Waals surface area contributed by atoms with Crippen LogP contribution in [-0.2, 0) is 18.9 Å². The standard InChI is InChI=1S/C15H24O6/c1-17-5-6-18-7-8-19-9-10-20-11-12-21-15-4-2-3-14(16)13-15/h2-4,13,16H,5-12H2,1H3. The van der Waals surface area contributed by atoms with Gasteiger partial charge in [-0.05, 0) is 12.1 Å². The molecule has 0 saturated carbocycles. The molecule has 1 N–H and O–H groups in total. The number of phenolic OH excluding ortho intramolecular Hbond substituents is 1. The maximum Gasteiger partial charge on any atom is 0.123 e. The van der Waals surface area contributed by atoms with E-state index in [0.29, 0.717) is 58.6 Å². The molecular formula is C15H24O6. The molecule has 0 fully saturated rings. The zero-order chi connectivity index (χ0) is 15.2. The second-order valence-electron chi connectivity index (χ2n) is 4.18. The van der Waals surface area contributed by atoms with Crippen molar-refractivity contribution in [2.24, 2.45) is 0 Å². The summed E-state index contributed by atoms with van der Waals surface area (Å²) >= 11 is 0. The summed E-state index contributed by atoms with van der Waals surface area (Å²) in [6, 6.07) is 6.67. The van der Waals surface area contributed by atoms with Gasteiger partial charge in [-0.1, -0.05) is 6.07 Å². The van der Waals surface area contributed by atoms with Gasteiger partial charge in [-0.3, -0.25) is 0 Å². The van der Waals surface area contributed by atoms with Crippen molar-refractivity contribution in [3.63, 3.8) is 0 Å². The number of hydrogen-bond acceptors (Lipinski definition) is 6. The van der Waals surface area contributed by atoms with Crippen molar-refractivity contribution < 1.29 is 28.8 Å². The highest BCUT2D eigenvalue weighted by Gasteiger charge is 1.96. The third-order valence-corrected chi connectivity index (χ3v) is 2.49. The number of aromatic hydroxyl groups is 1. The van der Waals surface area contributed by atoms with E-state index in [4.69, 9.17) is 23.7 Å². The van der Waals surface area contributed by atoms with Gasteiger partial charge in [-0.2, -0.15) is 0 Å². The molecule has 21 heavy (non-hydrogen) atoms. The molecule has 1 aromatic rings. The summed E-state index contributed by atoms with van der Waals surface area (Å²) < 4.78 is 26.2. The van der Waals surface area contributed by atoms with E-state index in [1.165, 1.54) is 0 Å². The first kappa shape index (κ1) is 17.7. The van der Waals surface area contributed by atoms with Crippen LogP contribution < -0.4 is 4.74 Å². The van der Waals surface area contributed by atoms with E-state index in [9.17, 15) is 5.11 Å².